The van der Waals surface area contributed by atoms with Gasteiger partial charge in [0.05, 0.1) is 56.4 Å². The molecule has 0 aliphatic carbocycles. The third-order valence-corrected chi connectivity index (χ3v) is 13.1. The number of likely N-dealkylation sites (tertiary alicyclic amines) is 1. The number of aliphatic imine (C=N–C) groups is 1. The maximum Gasteiger partial charge on any atom is 1.00 e. The summed E-state index contributed by atoms with van der Waals surface area (Å²) in [5.41, 5.74) is 10.7. The van der Waals surface area contributed by atoms with Crippen LogP contribution in [0.3, 0.4) is 0 Å². The predicted octanol–water partition coefficient (Wildman–Crippen LogP) is -12.4. The number of carbonyl (C=O) groups excluding carboxylic acids is 6. The third-order valence-electron chi connectivity index (χ3n) is 11.5. The van der Waals surface area contributed by atoms with Crippen molar-refractivity contribution in [3.63, 3.8) is 0 Å². The molecule has 14 atom stereocenters. The van der Waals surface area contributed by atoms with E-state index in [-0.39, 0.29) is 79.9 Å². The average Bonchev–Trinajstić information content (AvgIpc) is 3.83. The van der Waals surface area contributed by atoms with E-state index in [1.807, 2.05) is 0 Å². The molecule has 0 unspecified atom stereocenters. The molecule has 0 bridgehead atoms. The van der Waals surface area contributed by atoms with Crippen LogP contribution in [0.25, 0.3) is 0 Å². The number of aliphatic carboxylic acids is 3. The van der Waals surface area contributed by atoms with Crippen molar-refractivity contribution in [2.75, 3.05) is 64.6 Å². The molecule has 0 aromatic carbocycles. The molecule has 0 aromatic rings. The number of guanidine groups is 1. The van der Waals surface area contributed by atoms with Crippen LogP contribution in [0.5, 0.6) is 0 Å². The minimum absolute atomic E-state index is 0. The van der Waals surface area contributed by atoms with Gasteiger partial charge in [0.15, 0.2) is 28.2 Å². The van der Waals surface area contributed by atoms with Gasteiger partial charge in [0, 0.05) is 26.7 Å². The van der Waals surface area contributed by atoms with E-state index >= 15 is 0 Å². The van der Waals surface area contributed by atoms with Crippen LogP contribution in [-0.2, 0) is 76.7 Å². The topological polar surface area (TPSA) is 533 Å². The Morgan fingerprint density at radius 3 is 2.09 bits per heavy atom. The Hall–Kier alpha value is -4.79. The Balaban J connectivity index is 0.0000141. The Bertz CT molecular complexity index is 2090. The second kappa shape index (κ2) is 32.7. The van der Waals surface area contributed by atoms with E-state index in [1.165, 1.54) is 13.2 Å². The summed E-state index contributed by atoms with van der Waals surface area (Å²) < 4.78 is 52.7. The summed E-state index contributed by atoms with van der Waals surface area (Å²) in [7, 11) is -2.84. The van der Waals surface area contributed by atoms with E-state index in [1.54, 1.807) is 0 Å². The van der Waals surface area contributed by atoms with E-state index in [2.05, 4.69) is 31.6 Å². The second-order valence-electron chi connectivity index (χ2n) is 16.9. The first-order chi connectivity index (χ1) is 34.3. The summed E-state index contributed by atoms with van der Waals surface area (Å²) in [4.78, 5) is 116. The monoisotopic (exact) mass is 1110 g/mol. The van der Waals surface area contributed by atoms with E-state index in [0.717, 1.165) is 12.0 Å². The number of aliphatic hydroxyl groups excluding tert-OH is 4. The van der Waals surface area contributed by atoms with E-state index in [9.17, 15) is 87.3 Å². The van der Waals surface area contributed by atoms with Crippen LogP contribution in [0.1, 0.15) is 39.0 Å². The van der Waals surface area contributed by atoms with Crippen molar-refractivity contribution in [1.29, 1.82) is 0 Å². The summed E-state index contributed by atoms with van der Waals surface area (Å²) >= 11 is 0. The minimum Gasteiger partial charge on any atom is -0.870 e. The summed E-state index contributed by atoms with van der Waals surface area (Å²) in [5.74, 6) is -11.0. The fourth-order valence-electron chi connectivity index (χ4n) is 7.80. The summed E-state index contributed by atoms with van der Waals surface area (Å²) in [6.07, 6.45) is -15.8. The van der Waals surface area contributed by atoms with E-state index < -0.39 is 187 Å². The number of carbonyl (C=O) groups is 8. The molecule has 33 nitrogen and oxygen atoms in total. The third kappa shape index (κ3) is 20.9. The first-order valence-electron chi connectivity index (χ1n) is 22.6. The van der Waals surface area contributed by atoms with Crippen molar-refractivity contribution in [2.24, 2.45) is 16.5 Å². The van der Waals surface area contributed by atoms with Crippen molar-refractivity contribution in [3.8, 4) is 0 Å². The molecule has 0 radical (unpaired) electrons. The van der Waals surface area contributed by atoms with Gasteiger partial charge >= 0.3 is 47.5 Å². The van der Waals surface area contributed by atoms with Gasteiger partial charge in [-0.1, -0.05) is 0 Å². The first kappa shape index (κ1) is 68.2. The molecule has 3 aliphatic rings. The van der Waals surface area contributed by atoms with Crippen LogP contribution < -0.4 is 67.6 Å². The van der Waals surface area contributed by atoms with Crippen molar-refractivity contribution in [1.82, 2.24) is 31.5 Å². The van der Waals surface area contributed by atoms with Crippen LogP contribution in [0, 0.1) is 0 Å². The molecular weight excluding hydrogens is 1050 g/mol. The number of nitrogens with zero attached hydrogens (tertiary/aromatic N) is 2. The zero-order chi connectivity index (χ0) is 54.7. The average molecular weight is 1110 g/mol. The van der Waals surface area contributed by atoms with Gasteiger partial charge < -0.3 is 113 Å². The molecule has 0 saturated carbocycles. The summed E-state index contributed by atoms with van der Waals surface area (Å²) in [6.45, 7) is -1.93. The molecule has 17 N–H and O–H groups in total. The fraction of sp³-hybridized carbons (Fsp3) is 0.750. The maximum absolute atomic E-state index is 13.2. The molecule has 3 fully saturated rings. The van der Waals surface area contributed by atoms with Crippen LogP contribution in [-0.4, -0.2) is 264 Å². The zero-order valence-corrected chi connectivity index (χ0v) is 43.9. The largest absolute Gasteiger partial charge is 1.00 e. The smallest absolute Gasteiger partial charge is 0.870 e. The van der Waals surface area contributed by atoms with Gasteiger partial charge in [-0.25, -0.2) is 24.3 Å². The van der Waals surface area contributed by atoms with Gasteiger partial charge in [-0.2, -0.15) is 0 Å². The number of ether oxygens (including phenoxy) is 5. The van der Waals surface area contributed by atoms with Crippen molar-refractivity contribution < 1.29 is 146 Å². The molecular formula is C40H65N9NaO24S-. The molecule has 3 rings (SSSR count). The molecule has 0 spiro atoms. The number of nitrogens with two attached hydrogens (primary N) is 2. The zero-order valence-electron chi connectivity index (χ0n) is 41.0. The molecule has 75 heavy (non-hydrogen) atoms. The van der Waals surface area contributed by atoms with Gasteiger partial charge in [0.25, 0.3) is 0 Å². The van der Waals surface area contributed by atoms with E-state index in [0.29, 0.717) is 6.42 Å². The van der Waals surface area contributed by atoms with Crippen molar-refractivity contribution >= 4 is 69.5 Å². The second-order valence-corrected chi connectivity index (χ2v) is 19.2. The fourth-order valence-corrected chi connectivity index (χ4v) is 8.81. The normalized spacial score (nSPS) is 26.6. The SMILES string of the molecule is CO[C@H]1[C@H](O)[C@H](O)[C@H](O[C@H]2[C@H](O)[C@H](OCCS(=O)(=O)CCNCC(=O)N[C@@H](CCCN=C(N)N)C(=O)NCC(=O)N[C@@H](CC(=O)O)C(=O)N[C@@H](CO)C(=O)N3CCC[C@H]3C(=O)O)[C@H](C)O[C@H]2C(=O)O)O[C@@H]1[C-]=O.[Na+].[OH-]. The summed E-state index contributed by atoms with van der Waals surface area (Å²) in [6, 6.07) is -6.11. The molecule has 3 saturated heterocycles. The molecule has 0 aromatic heterocycles. The van der Waals surface area contributed by atoms with Gasteiger partial charge in [-0.3, -0.25) is 33.8 Å². The minimum atomic E-state index is -3.96. The molecule has 5 amide bonds. The standard InChI is InChI=1S/C40H64N9O23S.Na.H2O/c1-18-30(29(58)32(33(70-18)38(64)65)72-39-28(57)27(56)31(68-2)23(17-51)71-39)69-10-12-73(66,67)11-8-43-14-24(52)46-19(5-3-7-44-40(41)42)34(59)45-15-25(53)47-20(13-26(54)55)35(60)48-21(16-50)36(61)49-9-4-6-22(49)37(62)63;;/h18-23,27-33,39,43,50,56-58H,3-16H2,1-2H3,(H,45,59)(H,46,52)(H,47,53)(H,48,60)(H,54,55)(H,62,63)(H,64,65)(H4,41,42,44);;1H2/q-1;+1;/p-1/t18-,19-,20-,21-,22-,23+,27+,28-,29+,30+,31+,32-,33+,39-;;/m0../s1. The Labute approximate surface area is 450 Å². The number of methoxy groups -OCH3 is 1. The summed E-state index contributed by atoms with van der Waals surface area (Å²) in [5, 5.41) is 82.0. The van der Waals surface area contributed by atoms with Crippen LogP contribution in [0.2, 0.25) is 0 Å². The van der Waals surface area contributed by atoms with E-state index in [4.69, 9.17) is 35.2 Å². The molecule has 422 valence electrons. The van der Waals surface area contributed by atoms with Gasteiger partial charge in [0.2, 0.25) is 29.5 Å². The number of hydrogen-bond donors (Lipinski definition) is 14. The Morgan fingerprint density at radius 2 is 1.51 bits per heavy atom. The predicted molar refractivity (Wildman–Crippen MR) is 244 cm³/mol. The maximum atomic E-state index is 13.2. The van der Waals surface area contributed by atoms with Crippen LogP contribution >= 0.6 is 0 Å². The number of sulfone groups is 1. The first-order valence-corrected chi connectivity index (χ1v) is 24.4. The van der Waals surface area contributed by atoms with Crippen molar-refractivity contribution in [3.05, 3.63) is 0 Å². The quantitative estimate of drug-likeness (QED) is 0.0104. The molecule has 35 heteroatoms. The van der Waals surface area contributed by atoms with Gasteiger partial charge in [-0.15, -0.1) is 0 Å². The number of carboxylic acid groups (broad SMARTS) is 3. The molecule has 3 heterocycles. The van der Waals surface area contributed by atoms with Crippen LogP contribution in [0.15, 0.2) is 4.99 Å². The van der Waals surface area contributed by atoms with Gasteiger partial charge in [-0.05, 0) is 38.7 Å². The Morgan fingerprint density at radius 1 is 0.853 bits per heavy atom. The number of carboxylic acids is 3. The molecule has 3 aliphatic heterocycles. The number of rotatable bonds is 30. The number of amides is 5. The van der Waals surface area contributed by atoms with Crippen LogP contribution in [0.4, 0.5) is 0 Å². The number of nitrogens with one attached hydrogen (secondary N) is 5. The number of hydrogen-bond acceptors (Lipinski definition) is 23. The Kier molecular flexibility index (Phi) is 29.8. The number of aliphatic hydroxyl groups is 4. The van der Waals surface area contributed by atoms with Crippen molar-refractivity contribution in [2.45, 2.75) is 124 Å². The van der Waals surface area contributed by atoms with Gasteiger partial charge in [0.1, 0.15) is 54.7 Å².